The van der Waals surface area contributed by atoms with Crippen LogP contribution in [0.2, 0.25) is 0 Å². The fraction of sp³-hybridized carbons (Fsp3) is 0.111. The van der Waals surface area contributed by atoms with Crippen LogP contribution < -0.4 is 5.11 Å². The number of hydrogen-bond acceptors (Lipinski definition) is 3. The summed E-state index contributed by atoms with van der Waals surface area (Å²) in [6.45, 7) is 0. The fourth-order valence-corrected chi connectivity index (χ4v) is 4.07. The van der Waals surface area contributed by atoms with E-state index in [2.05, 4.69) is 88.5 Å². The van der Waals surface area contributed by atoms with E-state index in [-0.39, 0.29) is 0 Å². The Morgan fingerprint density at radius 1 is 0.839 bits per heavy atom. The molecule has 0 unspecified atom stereocenters. The van der Waals surface area contributed by atoms with Crippen LogP contribution in [-0.4, -0.2) is 15.5 Å². The van der Waals surface area contributed by atoms with Gasteiger partial charge in [-0.2, -0.15) is 0 Å². The molecule has 0 amide bonds. The minimum atomic E-state index is -1.18. The van der Waals surface area contributed by atoms with E-state index in [4.69, 9.17) is 0 Å². The Bertz CT molecular complexity index is 1050. The van der Waals surface area contributed by atoms with Crippen LogP contribution >= 0.6 is 0 Å². The Hall–Kier alpha value is -3.92. The van der Waals surface area contributed by atoms with Gasteiger partial charge in [-0.15, -0.1) is 0 Å². The highest BCUT2D eigenvalue weighted by atomic mass is 16.4. The van der Waals surface area contributed by atoms with Crippen molar-refractivity contribution in [3.63, 3.8) is 0 Å². The van der Waals surface area contributed by atoms with Crippen molar-refractivity contribution < 1.29 is 9.90 Å². The molecule has 4 nitrogen and oxygen atoms in total. The third kappa shape index (κ3) is 4.19. The summed E-state index contributed by atoms with van der Waals surface area (Å²) in [5.41, 5.74) is 3.71. The number of aliphatic carboxylic acids is 1. The van der Waals surface area contributed by atoms with Crippen molar-refractivity contribution in [3.8, 4) is 0 Å². The SMILES string of the molecule is O=C([O-])/C=C/CCc1cn(C(c2ccccc2)(c2ccccc2)c2ccccc2)cn1. The highest BCUT2D eigenvalue weighted by molar-refractivity contribution is 5.77. The zero-order valence-corrected chi connectivity index (χ0v) is 17.1. The minimum Gasteiger partial charge on any atom is -0.545 e. The second-order valence-electron chi connectivity index (χ2n) is 7.34. The number of allylic oxidation sites excluding steroid dienone is 1. The first-order valence-electron chi connectivity index (χ1n) is 10.3. The van der Waals surface area contributed by atoms with Crippen LogP contribution in [0.15, 0.2) is 116 Å². The molecule has 0 bridgehead atoms. The van der Waals surface area contributed by atoms with Gasteiger partial charge in [0.05, 0.1) is 18.0 Å². The lowest BCUT2D eigenvalue weighted by molar-refractivity contribution is -0.297. The van der Waals surface area contributed by atoms with E-state index in [9.17, 15) is 9.90 Å². The molecule has 154 valence electrons. The molecule has 3 aromatic carbocycles. The van der Waals surface area contributed by atoms with Crippen LogP contribution in [0.25, 0.3) is 0 Å². The van der Waals surface area contributed by atoms with Gasteiger partial charge >= 0.3 is 0 Å². The molecule has 0 fully saturated rings. The predicted molar refractivity (Wildman–Crippen MR) is 119 cm³/mol. The van der Waals surface area contributed by atoms with Gasteiger partial charge in [0.2, 0.25) is 0 Å². The van der Waals surface area contributed by atoms with Gasteiger partial charge in [0.25, 0.3) is 0 Å². The maximum atomic E-state index is 10.6. The first kappa shape index (κ1) is 20.4. The maximum absolute atomic E-state index is 10.6. The van der Waals surface area contributed by atoms with Crippen LogP contribution in [0.4, 0.5) is 0 Å². The summed E-state index contributed by atoms with van der Waals surface area (Å²) in [5, 5.41) is 10.6. The average molecular weight is 407 g/mol. The molecule has 0 spiro atoms. The Morgan fingerprint density at radius 2 is 1.32 bits per heavy atom. The summed E-state index contributed by atoms with van der Waals surface area (Å²) in [6, 6.07) is 31.2. The van der Waals surface area contributed by atoms with E-state index >= 15 is 0 Å². The summed E-state index contributed by atoms with van der Waals surface area (Å²) < 4.78 is 2.16. The van der Waals surface area contributed by atoms with Crippen molar-refractivity contribution in [1.82, 2.24) is 9.55 Å². The number of hydrogen-bond donors (Lipinski definition) is 0. The Labute approximate surface area is 182 Å². The van der Waals surface area contributed by atoms with Crippen LogP contribution in [0, 0.1) is 0 Å². The lowest BCUT2D eigenvalue weighted by atomic mass is 9.77. The number of imidazole rings is 1. The van der Waals surface area contributed by atoms with Crippen molar-refractivity contribution in [3.05, 3.63) is 138 Å². The van der Waals surface area contributed by atoms with E-state index in [0.29, 0.717) is 12.8 Å². The van der Waals surface area contributed by atoms with Gasteiger partial charge in [-0.1, -0.05) is 97.1 Å². The van der Waals surface area contributed by atoms with Gasteiger partial charge in [-0.3, -0.25) is 0 Å². The van der Waals surface area contributed by atoms with Crippen LogP contribution in [0.5, 0.6) is 0 Å². The zero-order valence-electron chi connectivity index (χ0n) is 17.1. The van der Waals surface area contributed by atoms with Crippen molar-refractivity contribution in [2.45, 2.75) is 18.4 Å². The number of carboxylic acid groups (broad SMARTS) is 1. The molecule has 0 aliphatic rings. The van der Waals surface area contributed by atoms with Crippen LogP contribution in [0.3, 0.4) is 0 Å². The van der Waals surface area contributed by atoms with Crippen molar-refractivity contribution >= 4 is 5.97 Å². The Balaban J connectivity index is 1.87. The molecular weight excluding hydrogens is 384 g/mol. The summed E-state index contributed by atoms with van der Waals surface area (Å²) in [7, 11) is 0. The minimum absolute atomic E-state index is 0.583. The number of carbonyl (C=O) groups is 1. The smallest absolute Gasteiger partial charge is 0.121 e. The highest BCUT2D eigenvalue weighted by Crippen LogP contribution is 2.40. The van der Waals surface area contributed by atoms with Crippen molar-refractivity contribution in [1.29, 1.82) is 0 Å². The fourth-order valence-electron chi connectivity index (χ4n) is 4.07. The summed E-state index contributed by atoms with van der Waals surface area (Å²) in [5.74, 6) is -1.18. The molecule has 0 aliphatic heterocycles. The molecule has 1 heterocycles. The molecule has 0 atom stereocenters. The van der Waals surface area contributed by atoms with Gasteiger partial charge in [0, 0.05) is 6.20 Å². The van der Waals surface area contributed by atoms with E-state index in [1.54, 1.807) is 6.08 Å². The van der Waals surface area contributed by atoms with E-state index < -0.39 is 11.5 Å². The maximum Gasteiger partial charge on any atom is 0.121 e. The third-order valence-electron chi connectivity index (χ3n) is 5.42. The van der Waals surface area contributed by atoms with Gasteiger partial charge in [0.15, 0.2) is 0 Å². The molecule has 0 radical (unpaired) electrons. The third-order valence-corrected chi connectivity index (χ3v) is 5.42. The van der Waals surface area contributed by atoms with Crippen molar-refractivity contribution in [2.75, 3.05) is 0 Å². The lowest BCUT2D eigenvalue weighted by Gasteiger charge is -2.37. The number of benzene rings is 3. The molecule has 0 aliphatic carbocycles. The van der Waals surface area contributed by atoms with E-state index in [0.717, 1.165) is 28.5 Å². The molecule has 4 rings (SSSR count). The molecule has 1 aromatic heterocycles. The monoisotopic (exact) mass is 407 g/mol. The normalized spacial score (nSPS) is 11.6. The van der Waals surface area contributed by atoms with Crippen molar-refractivity contribution in [2.24, 2.45) is 0 Å². The average Bonchev–Trinajstić information content (AvgIpc) is 3.28. The quantitative estimate of drug-likeness (QED) is 0.328. The molecule has 4 aromatic rings. The van der Waals surface area contributed by atoms with Gasteiger partial charge < -0.3 is 14.5 Å². The zero-order chi connectivity index (χ0) is 21.5. The standard InChI is InChI=1S/C27H24N2O2/c30-26(31)19-11-10-18-25-20-29(21-28-25)27(22-12-4-1-5-13-22,23-14-6-2-7-15-23)24-16-8-3-9-17-24/h1-9,11-17,19-21H,10,18H2,(H,30,31)/p-1/b19-11+. The predicted octanol–water partition coefficient (Wildman–Crippen LogP) is 3.96. The highest BCUT2D eigenvalue weighted by Gasteiger charge is 2.38. The molecule has 4 heteroatoms. The largest absolute Gasteiger partial charge is 0.545 e. The topological polar surface area (TPSA) is 57.9 Å². The van der Waals surface area contributed by atoms with Gasteiger partial charge in [-0.05, 0) is 35.6 Å². The molecule has 0 N–H and O–H groups in total. The number of rotatable bonds is 8. The number of carboxylic acids is 1. The lowest BCUT2D eigenvalue weighted by Crippen LogP contribution is -2.36. The molecular formula is C27H23N2O2-. The van der Waals surface area contributed by atoms with Gasteiger partial charge in [-0.25, -0.2) is 4.98 Å². The van der Waals surface area contributed by atoms with E-state index in [1.807, 2.05) is 24.5 Å². The van der Waals surface area contributed by atoms with Gasteiger partial charge in [0.1, 0.15) is 5.54 Å². The number of nitrogens with zero attached hydrogens (tertiary/aromatic N) is 2. The summed E-state index contributed by atoms with van der Waals surface area (Å²) in [4.78, 5) is 15.2. The van der Waals surface area contributed by atoms with Crippen LogP contribution in [0.1, 0.15) is 28.8 Å². The second kappa shape index (κ2) is 9.26. The first-order valence-corrected chi connectivity index (χ1v) is 10.3. The molecule has 0 saturated heterocycles. The number of aromatic nitrogens is 2. The molecule has 31 heavy (non-hydrogen) atoms. The summed E-state index contributed by atoms with van der Waals surface area (Å²) >= 11 is 0. The Morgan fingerprint density at radius 3 is 1.77 bits per heavy atom. The molecule has 0 saturated carbocycles. The van der Waals surface area contributed by atoms with Crippen LogP contribution in [-0.2, 0) is 16.8 Å². The second-order valence-corrected chi connectivity index (χ2v) is 7.34. The first-order chi connectivity index (χ1) is 15.2. The van der Waals surface area contributed by atoms with E-state index in [1.165, 1.54) is 0 Å². The Kier molecular flexibility index (Phi) is 6.08. The number of carbonyl (C=O) groups excluding carboxylic acids is 1. The number of aryl methyl sites for hydroxylation is 1. The summed E-state index contributed by atoms with van der Waals surface area (Å²) in [6.07, 6.45) is 7.82.